The molecule has 6 heteroatoms. The van der Waals surface area contributed by atoms with Crippen molar-refractivity contribution in [2.24, 2.45) is 0 Å². The molecule has 0 unspecified atom stereocenters. The van der Waals surface area contributed by atoms with E-state index in [1.807, 2.05) is 31.3 Å². The Morgan fingerprint density at radius 1 is 1.14 bits per heavy atom. The van der Waals surface area contributed by atoms with Gasteiger partial charge < -0.3 is 20.2 Å². The second-order valence-electron chi connectivity index (χ2n) is 5.07. The quantitative estimate of drug-likeness (QED) is 0.772. The normalized spacial score (nSPS) is 10.9. The first-order valence-corrected chi connectivity index (χ1v) is 6.93. The molecule has 0 saturated heterocycles. The fourth-order valence-electron chi connectivity index (χ4n) is 2.57. The first kappa shape index (κ1) is 14.2. The number of aryl methyl sites for hydroxylation is 1. The molecular weight excluding hydrogens is 280 g/mol. The van der Waals surface area contributed by atoms with Crippen LogP contribution in [0.15, 0.2) is 24.4 Å². The highest BCUT2D eigenvalue weighted by molar-refractivity contribution is 5.82. The summed E-state index contributed by atoms with van der Waals surface area (Å²) in [6.07, 6.45) is 2.67. The van der Waals surface area contributed by atoms with Gasteiger partial charge in [0.1, 0.15) is 0 Å². The Kier molecular flexibility index (Phi) is 3.58. The van der Waals surface area contributed by atoms with E-state index in [4.69, 9.17) is 15.2 Å². The average Bonchev–Trinajstić information content (AvgIpc) is 2.90. The molecule has 0 saturated carbocycles. The molecule has 0 atom stereocenters. The third-order valence-corrected chi connectivity index (χ3v) is 3.64. The minimum absolute atomic E-state index is 0.290. The number of anilines is 1. The number of methoxy groups -OCH3 is 2. The molecule has 0 amide bonds. The number of nitrogen functional groups attached to an aromatic ring is 1. The van der Waals surface area contributed by atoms with Gasteiger partial charge in [-0.15, -0.1) is 0 Å². The maximum absolute atomic E-state index is 5.76. The molecule has 2 aromatic heterocycles. The van der Waals surface area contributed by atoms with E-state index in [2.05, 4.69) is 15.0 Å². The van der Waals surface area contributed by atoms with Gasteiger partial charge in [0, 0.05) is 18.2 Å². The van der Waals surface area contributed by atoms with Gasteiger partial charge in [0.25, 0.3) is 0 Å². The number of ether oxygens (including phenoxy) is 2. The molecule has 0 fully saturated rings. The predicted octanol–water partition coefficient (Wildman–Crippen LogP) is 2.46. The molecule has 0 spiro atoms. The summed E-state index contributed by atoms with van der Waals surface area (Å²) in [7, 11) is 3.25. The highest BCUT2D eigenvalue weighted by Crippen LogP contribution is 2.29. The van der Waals surface area contributed by atoms with Crippen LogP contribution in [-0.4, -0.2) is 29.2 Å². The Balaban J connectivity index is 2.00. The Morgan fingerprint density at radius 3 is 2.64 bits per heavy atom. The first-order chi connectivity index (χ1) is 10.6. The number of benzene rings is 1. The second kappa shape index (κ2) is 5.55. The minimum atomic E-state index is 0.290. The molecule has 0 aliphatic heterocycles. The van der Waals surface area contributed by atoms with Gasteiger partial charge in [0.2, 0.25) is 5.95 Å². The topological polar surface area (TPSA) is 86.0 Å². The van der Waals surface area contributed by atoms with Crippen LogP contribution in [-0.2, 0) is 6.42 Å². The van der Waals surface area contributed by atoms with E-state index in [9.17, 15) is 0 Å². The fourth-order valence-corrected chi connectivity index (χ4v) is 2.57. The van der Waals surface area contributed by atoms with Crippen molar-refractivity contribution in [2.45, 2.75) is 13.3 Å². The Morgan fingerprint density at radius 2 is 1.91 bits per heavy atom. The average molecular weight is 298 g/mol. The van der Waals surface area contributed by atoms with E-state index in [1.54, 1.807) is 14.2 Å². The van der Waals surface area contributed by atoms with Crippen molar-refractivity contribution in [2.75, 3.05) is 20.0 Å². The molecule has 6 nitrogen and oxygen atoms in total. The number of nitrogens with zero attached hydrogens (tertiary/aromatic N) is 2. The van der Waals surface area contributed by atoms with Crippen LogP contribution < -0.4 is 15.2 Å². The lowest BCUT2D eigenvalue weighted by Crippen LogP contribution is -1.98. The Bertz CT molecular complexity index is 826. The lowest BCUT2D eigenvalue weighted by Gasteiger charge is -2.09. The zero-order valence-corrected chi connectivity index (χ0v) is 12.8. The molecule has 0 aliphatic carbocycles. The molecule has 3 N–H and O–H groups in total. The SMILES string of the molecule is COc1ccc(Cc2c[nH]c3c(C)nc(N)nc23)cc1OC. The van der Waals surface area contributed by atoms with Crippen molar-refractivity contribution in [3.63, 3.8) is 0 Å². The number of hydrogen-bond acceptors (Lipinski definition) is 5. The van der Waals surface area contributed by atoms with Gasteiger partial charge in [-0.2, -0.15) is 0 Å². The molecule has 3 rings (SSSR count). The van der Waals surface area contributed by atoms with E-state index in [0.29, 0.717) is 11.5 Å². The van der Waals surface area contributed by atoms with Crippen LogP contribution in [0.2, 0.25) is 0 Å². The third-order valence-electron chi connectivity index (χ3n) is 3.64. The van der Waals surface area contributed by atoms with Gasteiger partial charge in [-0.05, 0) is 24.6 Å². The summed E-state index contributed by atoms with van der Waals surface area (Å²) in [5, 5.41) is 0. The van der Waals surface area contributed by atoms with E-state index in [1.165, 1.54) is 0 Å². The maximum Gasteiger partial charge on any atom is 0.220 e. The van der Waals surface area contributed by atoms with Crippen LogP contribution in [0.5, 0.6) is 11.5 Å². The molecule has 1 aromatic carbocycles. The van der Waals surface area contributed by atoms with E-state index >= 15 is 0 Å². The van der Waals surface area contributed by atoms with Gasteiger partial charge in [0.05, 0.1) is 30.9 Å². The van der Waals surface area contributed by atoms with Crippen molar-refractivity contribution in [3.8, 4) is 11.5 Å². The highest BCUT2D eigenvalue weighted by atomic mass is 16.5. The molecule has 114 valence electrons. The number of nitrogens with one attached hydrogen (secondary N) is 1. The van der Waals surface area contributed by atoms with Gasteiger partial charge in [-0.25, -0.2) is 9.97 Å². The maximum atomic E-state index is 5.76. The van der Waals surface area contributed by atoms with Crippen molar-refractivity contribution in [3.05, 3.63) is 41.2 Å². The Labute approximate surface area is 128 Å². The largest absolute Gasteiger partial charge is 0.493 e. The van der Waals surface area contributed by atoms with Crippen molar-refractivity contribution >= 4 is 17.0 Å². The number of nitrogens with two attached hydrogens (primary N) is 1. The standard InChI is InChI=1S/C16H18N4O2/c1-9-14-15(20-16(17)19-9)11(8-18-14)6-10-4-5-12(21-2)13(7-10)22-3/h4-5,7-8,18H,6H2,1-3H3,(H2,17,19,20). The van der Waals surface area contributed by atoms with E-state index in [-0.39, 0.29) is 5.95 Å². The molecule has 3 aromatic rings. The number of H-pyrrole nitrogens is 1. The number of aromatic amines is 1. The van der Waals surface area contributed by atoms with Crippen LogP contribution in [0.3, 0.4) is 0 Å². The molecule has 22 heavy (non-hydrogen) atoms. The summed E-state index contributed by atoms with van der Waals surface area (Å²) < 4.78 is 10.6. The molecule has 2 heterocycles. The fraction of sp³-hybridized carbons (Fsp3) is 0.250. The van der Waals surface area contributed by atoms with Gasteiger partial charge in [0.15, 0.2) is 11.5 Å². The zero-order chi connectivity index (χ0) is 15.7. The van der Waals surface area contributed by atoms with Crippen molar-refractivity contribution in [1.82, 2.24) is 15.0 Å². The summed E-state index contributed by atoms with van der Waals surface area (Å²) in [5.41, 5.74) is 10.6. The number of rotatable bonds is 4. The molecule has 0 bridgehead atoms. The van der Waals surface area contributed by atoms with Crippen LogP contribution >= 0.6 is 0 Å². The highest BCUT2D eigenvalue weighted by Gasteiger charge is 2.11. The van der Waals surface area contributed by atoms with Gasteiger partial charge in [-0.1, -0.05) is 6.07 Å². The summed E-state index contributed by atoms with van der Waals surface area (Å²) in [6, 6.07) is 5.88. The summed E-state index contributed by atoms with van der Waals surface area (Å²) in [6.45, 7) is 1.91. The second-order valence-corrected chi connectivity index (χ2v) is 5.07. The van der Waals surface area contributed by atoms with E-state index in [0.717, 1.165) is 34.3 Å². The van der Waals surface area contributed by atoms with Crippen LogP contribution in [0.1, 0.15) is 16.8 Å². The monoisotopic (exact) mass is 298 g/mol. The number of hydrogen-bond donors (Lipinski definition) is 2. The molecule has 0 radical (unpaired) electrons. The molecule has 0 aliphatic rings. The lowest BCUT2D eigenvalue weighted by atomic mass is 10.1. The third kappa shape index (κ3) is 2.43. The molecular formula is C16H18N4O2. The first-order valence-electron chi connectivity index (χ1n) is 6.93. The van der Waals surface area contributed by atoms with Gasteiger partial charge >= 0.3 is 0 Å². The predicted molar refractivity (Wildman–Crippen MR) is 85.4 cm³/mol. The number of fused-ring (bicyclic) bond motifs is 1. The van der Waals surface area contributed by atoms with Crippen LogP contribution in [0.4, 0.5) is 5.95 Å². The zero-order valence-electron chi connectivity index (χ0n) is 12.8. The van der Waals surface area contributed by atoms with Crippen molar-refractivity contribution in [1.29, 1.82) is 0 Å². The van der Waals surface area contributed by atoms with Gasteiger partial charge in [-0.3, -0.25) is 0 Å². The van der Waals surface area contributed by atoms with Crippen molar-refractivity contribution < 1.29 is 9.47 Å². The lowest BCUT2D eigenvalue weighted by molar-refractivity contribution is 0.354. The van der Waals surface area contributed by atoms with Crippen LogP contribution in [0.25, 0.3) is 11.0 Å². The Hall–Kier alpha value is -2.76. The minimum Gasteiger partial charge on any atom is -0.493 e. The van der Waals surface area contributed by atoms with E-state index < -0.39 is 0 Å². The summed E-state index contributed by atoms with van der Waals surface area (Å²) in [5.74, 6) is 1.72. The number of aromatic nitrogens is 3. The summed E-state index contributed by atoms with van der Waals surface area (Å²) >= 11 is 0. The smallest absolute Gasteiger partial charge is 0.220 e. The summed E-state index contributed by atoms with van der Waals surface area (Å²) in [4.78, 5) is 11.7. The van der Waals surface area contributed by atoms with Crippen LogP contribution in [0, 0.1) is 6.92 Å².